The van der Waals surface area contributed by atoms with E-state index in [4.69, 9.17) is 5.73 Å². The second kappa shape index (κ2) is 3.88. The third kappa shape index (κ3) is 2.31. The maximum atomic E-state index is 12.6. The van der Waals surface area contributed by atoms with Crippen molar-refractivity contribution >= 4 is 27.3 Å². The van der Waals surface area contributed by atoms with Crippen LogP contribution in [-0.2, 0) is 0 Å². The second-order valence-electron chi connectivity index (χ2n) is 1.93. The van der Waals surface area contributed by atoms with E-state index in [1.807, 2.05) is 6.26 Å². The summed E-state index contributed by atoms with van der Waals surface area (Å²) in [4.78, 5) is 0.789. The lowest BCUT2D eigenvalue weighted by atomic mass is 10.3. The monoisotopic (exact) mass is 189 g/mol. The van der Waals surface area contributed by atoms with Gasteiger partial charge in [0.1, 0.15) is 5.82 Å². The summed E-state index contributed by atoms with van der Waals surface area (Å²) in [5, 5.41) is 0. The number of anilines is 1. The molecule has 60 valence electrons. The van der Waals surface area contributed by atoms with Crippen LogP contribution in [0.4, 0.5) is 10.1 Å². The van der Waals surface area contributed by atoms with Crippen molar-refractivity contribution < 1.29 is 4.39 Å². The first-order chi connectivity index (χ1) is 5.24. The third-order valence-electron chi connectivity index (χ3n) is 1.15. The largest absolute Gasteiger partial charge is 0.398 e. The van der Waals surface area contributed by atoms with Gasteiger partial charge in [-0.3, -0.25) is 0 Å². The van der Waals surface area contributed by atoms with Crippen LogP contribution in [-0.4, -0.2) is 6.26 Å². The first-order valence-corrected chi connectivity index (χ1v) is 5.55. The highest BCUT2D eigenvalue weighted by Gasteiger charge is 1.99. The van der Waals surface area contributed by atoms with Gasteiger partial charge in [0.15, 0.2) is 0 Å². The molecule has 4 heteroatoms. The fraction of sp³-hybridized carbons (Fsp3) is 0.143. The van der Waals surface area contributed by atoms with Crippen molar-refractivity contribution in [2.45, 2.75) is 4.90 Å². The quantitative estimate of drug-likeness (QED) is 0.572. The predicted molar refractivity (Wildman–Crippen MR) is 50.2 cm³/mol. The van der Waals surface area contributed by atoms with Gasteiger partial charge < -0.3 is 5.73 Å². The van der Waals surface area contributed by atoms with Gasteiger partial charge in [-0.05, 0) is 24.5 Å². The first-order valence-electron chi connectivity index (χ1n) is 2.99. The molecule has 2 N–H and O–H groups in total. The van der Waals surface area contributed by atoms with E-state index in [-0.39, 0.29) is 5.82 Å². The molecule has 1 nitrogen and oxygen atoms in total. The Kier molecular flexibility index (Phi) is 3.08. The van der Waals surface area contributed by atoms with Gasteiger partial charge in [-0.15, -0.1) is 0 Å². The molecule has 0 spiro atoms. The van der Waals surface area contributed by atoms with Gasteiger partial charge in [0.2, 0.25) is 0 Å². The Hall–Kier alpha value is -0.350. The van der Waals surface area contributed by atoms with Crippen LogP contribution in [0.3, 0.4) is 0 Å². The summed E-state index contributed by atoms with van der Waals surface area (Å²) >= 11 is 0. The maximum absolute atomic E-state index is 12.6. The zero-order valence-electron chi connectivity index (χ0n) is 6.00. The van der Waals surface area contributed by atoms with E-state index in [0.29, 0.717) is 5.69 Å². The van der Waals surface area contributed by atoms with Crippen LogP contribution < -0.4 is 5.73 Å². The van der Waals surface area contributed by atoms with Crippen LogP contribution in [0.5, 0.6) is 0 Å². The van der Waals surface area contributed by atoms with Gasteiger partial charge in [-0.1, -0.05) is 21.6 Å². The fourth-order valence-corrected chi connectivity index (χ4v) is 2.15. The van der Waals surface area contributed by atoms with Crippen LogP contribution in [0.15, 0.2) is 23.1 Å². The molecule has 0 fully saturated rings. The van der Waals surface area contributed by atoms with Crippen molar-refractivity contribution in [3.05, 3.63) is 24.0 Å². The minimum absolute atomic E-state index is 0.240. The molecule has 0 radical (unpaired) electrons. The van der Waals surface area contributed by atoms with Crippen molar-refractivity contribution in [3.8, 4) is 0 Å². The number of nitrogen functional groups attached to an aromatic ring is 1. The zero-order chi connectivity index (χ0) is 8.27. The van der Waals surface area contributed by atoms with Gasteiger partial charge in [0.25, 0.3) is 0 Å². The summed E-state index contributed by atoms with van der Waals surface area (Å²) in [5.41, 5.74) is 6.20. The zero-order valence-corrected chi connectivity index (χ0v) is 7.64. The Bertz CT molecular complexity index is 252. The summed E-state index contributed by atoms with van der Waals surface area (Å²) in [7, 11) is 3.02. The molecular weight excluding hydrogens is 181 g/mol. The van der Waals surface area contributed by atoms with E-state index in [2.05, 4.69) is 0 Å². The standard InChI is InChI=1S/C7H8FNS2/c1-10-11-7-4-5(8)2-3-6(7)9/h2-4H,9H2,1H3. The lowest BCUT2D eigenvalue weighted by molar-refractivity contribution is 0.624. The Morgan fingerprint density at radius 1 is 1.45 bits per heavy atom. The maximum Gasteiger partial charge on any atom is 0.124 e. The summed E-state index contributed by atoms with van der Waals surface area (Å²) in [6.45, 7) is 0. The normalized spacial score (nSPS) is 10.0. The molecule has 0 aliphatic carbocycles. The van der Waals surface area contributed by atoms with Gasteiger partial charge in [0.05, 0.1) is 0 Å². The number of hydrogen-bond donors (Lipinski definition) is 1. The lowest BCUT2D eigenvalue weighted by Gasteiger charge is -2.01. The molecule has 0 aromatic heterocycles. The highest BCUT2D eigenvalue weighted by atomic mass is 33.1. The van der Waals surface area contributed by atoms with Gasteiger partial charge >= 0.3 is 0 Å². The number of benzene rings is 1. The number of hydrogen-bond acceptors (Lipinski definition) is 3. The van der Waals surface area contributed by atoms with Gasteiger partial charge in [-0.25, -0.2) is 4.39 Å². The molecular formula is C7H8FNS2. The van der Waals surface area contributed by atoms with E-state index >= 15 is 0 Å². The highest BCUT2D eigenvalue weighted by Crippen LogP contribution is 2.33. The third-order valence-corrected chi connectivity index (χ3v) is 2.89. The van der Waals surface area contributed by atoms with E-state index in [1.165, 1.54) is 22.9 Å². The molecule has 0 aliphatic heterocycles. The van der Waals surface area contributed by atoms with Gasteiger partial charge in [0, 0.05) is 10.6 Å². The molecule has 0 bridgehead atoms. The topological polar surface area (TPSA) is 26.0 Å². The molecule has 0 heterocycles. The van der Waals surface area contributed by atoms with Crippen LogP contribution >= 0.6 is 21.6 Å². The molecule has 1 aromatic carbocycles. The second-order valence-corrected chi connectivity index (χ2v) is 4.37. The summed E-state index contributed by atoms with van der Waals surface area (Å²) in [6, 6.07) is 4.38. The smallest absolute Gasteiger partial charge is 0.124 e. The molecule has 0 aliphatic rings. The predicted octanol–water partition coefficient (Wildman–Crippen LogP) is 2.78. The SMILES string of the molecule is CSSc1cc(F)ccc1N. The Morgan fingerprint density at radius 3 is 2.82 bits per heavy atom. The van der Waals surface area contributed by atoms with Crippen LogP contribution in [0.2, 0.25) is 0 Å². The van der Waals surface area contributed by atoms with Crippen LogP contribution in [0.25, 0.3) is 0 Å². The summed E-state index contributed by atoms with van der Waals surface area (Å²) in [5.74, 6) is -0.240. The molecule has 0 saturated heterocycles. The highest BCUT2D eigenvalue weighted by molar-refractivity contribution is 8.76. The Balaban J connectivity index is 2.93. The van der Waals surface area contributed by atoms with E-state index in [0.717, 1.165) is 4.90 Å². The van der Waals surface area contributed by atoms with E-state index in [1.54, 1.807) is 16.9 Å². The van der Waals surface area contributed by atoms with Gasteiger partial charge in [-0.2, -0.15) is 0 Å². The average Bonchev–Trinajstić information content (AvgIpc) is 1.98. The number of nitrogens with two attached hydrogens (primary N) is 1. The Morgan fingerprint density at radius 2 is 2.18 bits per heavy atom. The molecule has 0 atom stereocenters. The first kappa shape index (κ1) is 8.74. The molecule has 1 rings (SSSR count). The Labute approximate surface area is 72.9 Å². The minimum Gasteiger partial charge on any atom is -0.398 e. The van der Waals surface area contributed by atoms with E-state index < -0.39 is 0 Å². The lowest BCUT2D eigenvalue weighted by Crippen LogP contribution is -1.87. The molecule has 0 unspecified atom stereocenters. The molecule has 0 saturated carbocycles. The van der Waals surface area contributed by atoms with Crippen LogP contribution in [0, 0.1) is 5.82 Å². The number of halogens is 1. The summed E-state index contributed by atoms with van der Waals surface area (Å²) < 4.78 is 12.6. The van der Waals surface area contributed by atoms with Crippen LogP contribution in [0.1, 0.15) is 0 Å². The minimum atomic E-state index is -0.240. The van der Waals surface area contributed by atoms with Crippen molar-refractivity contribution in [2.75, 3.05) is 12.0 Å². The summed E-state index contributed by atoms with van der Waals surface area (Å²) in [6.07, 6.45) is 1.93. The molecule has 11 heavy (non-hydrogen) atoms. The van der Waals surface area contributed by atoms with Crippen molar-refractivity contribution in [1.29, 1.82) is 0 Å². The molecule has 0 amide bonds. The van der Waals surface area contributed by atoms with E-state index in [9.17, 15) is 4.39 Å². The van der Waals surface area contributed by atoms with Crippen molar-refractivity contribution in [2.24, 2.45) is 0 Å². The van der Waals surface area contributed by atoms with Crippen molar-refractivity contribution in [1.82, 2.24) is 0 Å². The molecule has 1 aromatic rings. The van der Waals surface area contributed by atoms with Crippen molar-refractivity contribution in [3.63, 3.8) is 0 Å². The average molecular weight is 189 g/mol. The number of rotatable bonds is 2. The fourth-order valence-electron chi connectivity index (χ4n) is 0.670.